The smallest absolute Gasteiger partial charge is 0.191 e. The fraction of sp³-hybridized carbons (Fsp3) is 0.500. The number of hydrogen-bond donors (Lipinski definition) is 2. The van der Waals surface area contributed by atoms with Gasteiger partial charge in [-0.2, -0.15) is 0 Å². The molecule has 3 rings (SSSR count). The van der Waals surface area contributed by atoms with Crippen LogP contribution in [0.1, 0.15) is 42.5 Å². The van der Waals surface area contributed by atoms with Crippen molar-refractivity contribution in [2.24, 2.45) is 4.99 Å². The van der Waals surface area contributed by atoms with Gasteiger partial charge in [0.2, 0.25) is 0 Å². The van der Waals surface area contributed by atoms with Crippen molar-refractivity contribution in [3.63, 3.8) is 0 Å². The number of fused-ring (bicyclic) bond motifs is 1. The number of guanidine groups is 1. The van der Waals surface area contributed by atoms with E-state index in [2.05, 4.69) is 30.4 Å². The Morgan fingerprint density at radius 3 is 2.96 bits per heavy atom. The van der Waals surface area contributed by atoms with E-state index in [9.17, 15) is 4.39 Å². The predicted molar refractivity (Wildman–Crippen MR) is 95.8 cm³/mol. The number of aliphatic imine (C=N–C) groups is 1. The van der Waals surface area contributed by atoms with E-state index in [1.165, 1.54) is 18.9 Å². The Labute approximate surface area is 147 Å². The molecule has 1 aromatic heterocycles. The molecule has 1 aliphatic rings. The van der Waals surface area contributed by atoms with Gasteiger partial charge in [-0.15, -0.1) is 10.2 Å². The first-order valence-electron chi connectivity index (χ1n) is 8.85. The highest BCUT2D eigenvalue weighted by atomic mass is 19.1. The first-order valence-corrected chi connectivity index (χ1v) is 8.85. The fourth-order valence-corrected chi connectivity index (χ4v) is 2.98. The molecule has 7 heteroatoms. The molecule has 0 fully saturated rings. The molecule has 2 heterocycles. The molecule has 2 N–H and O–H groups in total. The van der Waals surface area contributed by atoms with Gasteiger partial charge in [0.15, 0.2) is 11.8 Å². The van der Waals surface area contributed by atoms with Crippen LogP contribution >= 0.6 is 0 Å². The number of aryl methyl sites for hydroxylation is 2. The lowest BCUT2D eigenvalue weighted by molar-refractivity contribution is 0.504. The summed E-state index contributed by atoms with van der Waals surface area (Å²) in [7, 11) is 0. The molecular weight excluding hydrogens is 319 g/mol. The van der Waals surface area contributed by atoms with E-state index in [4.69, 9.17) is 0 Å². The molecule has 134 valence electrons. The second kappa shape index (κ2) is 8.09. The quantitative estimate of drug-likeness (QED) is 0.645. The van der Waals surface area contributed by atoms with Gasteiger partial charge in [0.05, 0.1) is 13.1 Å². The summed E-state index contributed by atoms with van der Waals surface area (Å²) in [6, 6.07) is 5.09. The lowest BCUT2D eigenvalue weighted by Gasteiger charge is -2.16. The van der Waals surface area contributed by atoms with Crippen LogP contribution in [0.15, 0.2) is 23.2 Å². The van der Waals surface area contributed by atoms with Crippen LogP contribution in [0.5, 0.6) is 0 Å². The summed E-state index contributed by atoms with van der Waals surface area (Å²) in [6.45, 7) is 6.63. The van der Waals surface area contributed by atoms with Gasteiger partial charge in [0.1, 0.15) is 11.6 Å². The summed E-state index contributed by atoms with van der Waals surface area (Å²) in [5.74, 6) is 2.55. The van der Waals surface area contributed by atoms with Crippen LogP contribution in [0.4, 0.5) is 4.39 Å². The number of benzene rings is 1. The monoisotopic (exact) mass is 344 g/mol. The highest BCUT2D eigenvalue weighted by molar-refractivity contribution is 5.79. The Morgan fingerprint density at radius 2 is 2.16 bits per heavy atom. The van der Waals surface area contributed by atoms with E-state index in [0.717, 1.165) is 42.7 Å². The van der Waals surface area contributed by atoms with Gasteiger partial charge in [-0.3, -0.25) is 0 Å². The maximum Gasteiger partial charge on any atom is 0.191 e. The van der Waals surface area contributed by atoms with Crippen molar-refractivity contribution in [2.75, 3.05) is 6.54 Å². The minimum Gasteiger partial charge on any atom is -0.357 e. The molecule has 1 aliphatic heterocycles. The number of nitrogens with one attached hydrogen (secondary N) is 2. The van der Waals surface area contributed by atoms with Crippen molar-refractivity contribution in [3.05, 3.63) is 46.8 Å². The van der Waals surface area contributed by atoms with Crippen LogP contribution in [0, 0.1) is 12.7 Å². The van der Waals surface area contributed by atoms with Crippen LogP contribution in [0.25, 0.3) is 0 Å². The predicted octanol–water partition coefficient (Wildman–Crippen LogP) is 2.32. The normalized spacial score (nSPS) is 14.3. The molecule has 0 saturated carbocycles. The fourth-order valence-electron chi connectivity index (χ4n) is 2.98. The molecule has 0 bridgehead atoms. The molecule has 2 aromatic rings. The topological polar surface area (TPSA) is 67.1 Å². The number of aromatic nitrogens is 3. The molecular formula is C18H25FN6. The van der Waals surface area contributed by atoms with E-state index in [-0.39, 0.29) is 5.82 Å². The highest BCUT2D eigenvalue weighted by Crippen LogP contribution is 2.14. The third-order valence-corrected chi connectivity index (χ3v) is 4.34. The average Bonchev–Trinajstić information content (AvgIpc) is 3.03. The first kappa shape index (κ1) is 17.4. The first-order chi connectivity index (χ1) is 12.2. The zero-order chi connectivity index (χ0) is 17.6. The Hall–Kier alpha value is -2.44. The van der Waals surface area contributed by atoms with Crippen LogP contribution in [-0.4, -0.2) is 27.3 Å². The zero-order valence-corrected chi connectivity index (χ0v) is 14.8. The Kier molecular flexibility index (Phi) is 5.63. The standard InChI is InChI=1S/C18H25FN6/c1-3-20-18(21-11-14-7-8-15(19)13(2)10-14)22-12-17-24-23-16-6-4-5-9-25(16)17/h7-8,10H,3-6,9,11-12H2,1-2H3,(H2,20,21,22). The molecule has 0 radical (unpaired) electrons. The van der Waals surface area contributed by atoms with Crippen LogP contribution < -0.4 is 10.6 Å². The summed E-state index contributed by atoms with van der Waals surface area (Å²) in [6.07, 6.45) is 3.37. The van der Waals surface area contributed by atoms with E-state index >= 15 is 0 Å². The van der Waals surface area contributed by atoms with E-state index in [0.29, 0.717) is 18.7 Å². The minimum atomic E-state index is -0.186. The highest BCUT2D eigenvalue weighted by Gasteiger charge is 2.15. The molecule has 0 spiro atoms. The molecule has 0 aliphatic carbocycles. The van der Waals surface area contributed by atoms with Crippen molar-refractivity contribution in [1.29, 1.82) is 0 Å². The van der Waals surface area contributed by atoms with Crippen molar-refractivity contribution >= 4 is 5.96 Å². The van der Waals surface area contributed by atoms with Crippen molar-refractivity contribution in [1.82, 2.24) is 25.4 Å². The van der Waals surface area contributed by atoms with Gasteiger partial charge in [-0.25, -0.2) is 9.38 Å². The van der Waals surface area contributed by atoms with Crippen LogP contribution in [0.3, 0.4) is 0 Å². The van der Waals surface area contributed by atoms with Crippen molar-refractivity contribution in [2.45, 2.75) is 52.7 Å². The molecule has 0 saturated heterocycles. The van der Waals surface area contributed by atoms with Gasteiger partial charge in [0.25, 0.3) is 0 Å². The molecule has 0 atom stereocenters. The average molecular weight is 344 g/mol. The number of halogens is 1. The largest absolute Gasteiger partial charge is 0.357 e. The summed E-state index contributed by atoms with van der Waals surface area (Å²) < 4.78 is 15.6. The lowest BCUT2D eigenvalue weighted by Crippen LogP contribution is -2.37. The maximum absolute atomic E-state index is 13.4. The Morgan fingerprint density at radius 1 is 1.28 bits per heavy atom. The van der Waals surface area contributed by atoms with Gasteiger partial charge in [-0.1, -0.05) is 12.1 Å². The third-order valence-electron chi connectivity index (χ3n) is 4.34. The van der Waals surface area contributed by atoms with Crippen molar-refractivity contribution in [3.8, 4) is 0 Å². The lowest BCUT2D eigenvalue weighted by atomic mass is 10.1. The maximum atomic E-state index is 13.4. The molecule has 25 heavy (non-hydrogen) atoms. The van der Waals surface area contributed by atoms with Gasteiger partial charge < -0.3 is 15.2 Å². The number of hydrogen-bond acceptors (Lipinski definition) is 3. The number of rotatable bonds is 5. The minimum absolute atomic E-state index is 0.186. The third kappa shape index (κ3) is 4.35. The summed E-state index contributed by atoms with van der Waals surface area (Å²) >= 11 is 0. The molecule has 0 unspecified atom stereocenters. The van der Waals surface area contributed by atoms with Gasteiger partial charge in [-0.05, 0) is 43.9 Å². The Bertz CT molecular complexity index is 752. The number of nitrogens with zero attached hydrogens (tertiary/aromatic N) is 4. The molecule has 0 amide bonds. The second-order valence-electron chi connectivity index (χ2n) is 6.27. The zero-order valence-electron chi connectivity index (χ0n) is 14.8. The summed E-state index contributed by atoms with van der Waals surface area (Å²) in [4.78, 5) is 4.58. The van der Waals surface area contributed by atoms with Crippen LogP contribution in [-0.2, 0) is 26.1 Å². The Balaban J connectivity index is 1.64. The van der Waals surface area contributed by atoms with E-state index < -0.39 is 0 Å². The molecule has 6 nitrogen and oxygen atoms in total. The van der Waals surface area contributed by atoms with Crippen LogP contribution in [0.2, 0.25) is 0 Å². The van der Waals surface area contributed by atoms with Gasteiger partial charge in [0, 0.05) is 19.5 Å². The second-order valence-corrected chi connectivity index (χ2v) is 6.27. The van der Waals surface area contributed by atoms with E-state index in [1.54, 1.807) is 13.0 Å². The summed E-state index contributed by atoms with van der Waals surface area (Å²) in [5, 5.41) is 15.1. The van der Waals surface area contributed by atoms with Gasteiger partial charge >= 0.3 is 0 Å². The van der Waals surface area contributed by atoms with Crippen molar-refractivity contribution < 1.29 is 4.39 Å². The van der Waals surface area contributed by atoms with E-state index in [1.807, 2.05) is 13.0 Å². The molecule has 1 aromatic carbocycles. The summed E-state index contributed by atoms with van der Waals surface area (Å²) in [5.41, 5.74) is 1.62. The SMILES string of the molecule is CCNC(=NCc1ccc(F)c(C)c1)NCc1nnc2n1CCCC2.